The smallest absolute Gasteiger partial charge is 0.249 e. The van der Waals surface area contributed by atoms with E-state index in [-0.39, 0.29) is 0 Å². The van der Waals surface area contributed by atoms with Crippen molar-refractivity contribution in [2.45, 2.75) is 25.7 Å². The van der Waals surface area contributed by atoms with E-state index in [2.05, 4.69) is 25.4 Å². The molecule has 1 aliphatic rings. The lowest BCUT2D eigenvalue weighted by molar-refractivity contribution is 0.417. The molecule has 1 fully saturated rings. The molecule has 0 atom stereocenters. The lowest BCUT2D eigenvalue weighted by Gasteiger charge is -2.21. The highest BCUT2D eigenvalue weighted by atomic mass is 16.5. The summed E-state index contributed by atoms with van der Waals surface area (Å²) >= 11 is 0. The Balaban J connectivity index is 1.78. The maximum atomic E-state index is 5.33. The highest BCUT2D eigenvalue weighted by Gasteiger charge is 2.13. The van der Waals surface area contributed by atoms with E-state index in [1.54, 1.807) is 13.3 Å². The molecule has 6 nitrogen and oxygen atoms in total. The van der Waals surface area contributed by atoms with Crippen LogP contribution in [0.1, 0.15) is 25.7 Å². The second-order valence-corrected chi connectivity index (χ2v) is 5.36. The van der Waals surface area contributed by atoms with Crippen LogP contribution in [-0.2, 0) is 0 Å². The molecule has 2 heterocycles. The quantitative estimate of drug-likeness (QED) is 0.936. The van der Waals surface area contributed by atoms with Crippen LogP contribution in [-0.4, -0.2) is 35.4 Å². The Bertz CT molecular complexity index is 611. The third kappa shape index (κ3) is 3.44. The van der Waals surface area contributed by atoms with Crippen LogP contribution in [0.25, 0.3) is 0 Å². The van der Waals surface area contributed by atoms with Crippen molar-refractivity contribution in [2.24, 2.45) is 0 Å². The van der Waals surface area contributed by atoms with Gasteiger partial charge in [-0.15, -0.1) is 5.10 Å². The summed E-state index contributed by atoms with van der Waals surface area (Å²) < 4.78 is 5.33. The van der Waals surface area contributed by atoms with Gasteiger partial charge in [0.2, 0.25) is 5.95 Å². The minimum atomic E-state index is 0.492. The van der Waals surface area contributed by atoms with Gasteiger partial charge >= 0.3 is 0 Å². The zero-order valence-corrected chi connectivity index (χ0v) is 12.8. The maximum absolute atomic E-state index is 5.33. The summed E-state index contributed by atoms with van der Waals surface area (Å²) in [7, 11) is 1.65. The molecule has 0 aliphatic carbocycles. The van der Waals surface area contributed by atoms with Crippen LogP contribution in [0.5, 0.6) is 5.75 Å². The molecule has 116 valence electrons. The van der Waals surface area contributed by atoms with Gasteiger partial charge in [-0.2, -0.15) is 10.1 Å². The van der Waals surface area contributed by atoms with Crippen molar-refractivity contribution in [1.82, 2.24) is 15.2 Å². The van der Waals surface area contributed by atoms with Gasteiger partial charge in [-0.1, -0.05) is 25.0 Å². The molecule has 0 radical (unpaired) electrons. The van der Waals surface area contributed by atoms with Crippen LogP contribution in [0.2, 0.25) is 0 Å². The number of nitrogens with one attached hydrogen (secondary N) is 1. The third-order valence-corrected chi connectivity index (χ3v) is 3.83. The number of methoxy groups -OCH3 is 1. The Morgan fingerprint density at radius 1 is 1.09 bits per heavy atom. The third-order valence-electron chi connectivity index (χ3n) is 3.83. The summed E-state index contributed by atoms with van der Waals surface area (Å²) in [4.78, 5) is 6.88. The van der Waals surface area contributed by atoms with E-state index >= 15 is 0 Å². The predicted molar refractivity (Wildman–Crippen MR) is 86.8 cm³/mol. The Morgan fingerprint density at radius 2 is 1.86 bits per heavy atom. The van der Waals surface area contributed by atoms with E-state index in [4.69, 9.17) is 4.74 Å². The largest absolute Gasteiger partial charge is 0.495 e. The van der Waals surface area contributed by atoms with Gasteiger partial charge in [-0.05, 0) is 25.0 Å². The molecule has 1 aromatic carbocycles. The van der Waals surface area contributed by atoms with Crippen molar-refractivity contribution >= 4 is 17.5 Å². The topological polar surface area (TPSA) is 63.2 Å². The summed E-state index contributed by atoms with van der Waals surface area (Å²) in [6.45, 7) is 2.07. The lowest BCUT2D eigenvalue weighted by Crippen LogP contribution is -2.25. The number of hydrogen-bond acceptors (Lipinski definition) is 6. The van der Waals surface area contributed by atoms with Gasteiger partial charge in [0.15, 0.2) is 5.82 Å². The van der Waals surface area contributed by atoms with Crippen molar-refractivity contribution in [3.05, 3.63) is 30.5 Å². The molecule has 1 saturated heterocycles. The van der Waals surface area contributed by atoms with Gasteiger partial charge in [0.25, 0.3) is 0 Å². The standard InChI is InChI=1S/C16H21N5O/c1-22-14-9-5-4-8-13(14)18-16-19-15(12-17-20-16)21-10-6-2-3-7-11-21/h4-5,8-9,12H,2-3,6-7,10-11H2,1H3,(H,18,19,20). The highest BCUT2D eigenvalue weighted by molar-refractivity contribution is 5.62. The van der Waals surface area contributed by atoms with Crippen LogP contribution >= 0.6 is 0 Å². The first-order valence-corrected chi connectivity index (χ1v) is 7.71. The first-order valence-electron chi connectivity index (χ1n) is 7.71. The van der Waals surface area contributed by atoms with Crippen LogP contribution in [0, 0.1) is 0 Å². The molecule has 6 heteroatoms. The van der Waals surface area contributed by atoms with Crippen molar-refractivity contribution in [1.29, 1.82) is 0 Å². The Hall–Kier alpha value is -2.37. The van der Waals surface area contributed by atoms with Gasteiger partial charge in [-0.25, -0.2) is 0 Å². The minimum absolute atomic E-state index is 0.492. The summed E-state index contributed by atoms with van der Waals surface area (Å²) in [5, 5.41) is 11.3. The van der Waals surface area contributed by atoms with Crippen molar-refractivity contribution in [3.63, 3.8) is 0 Å². The van der Waals surface area contributed by atoms with Crippen molar-refractivity contribution in [3.8, 4) is 5.75 Å². The Labute approximate surface area is 130 Å². The number of anilines is 3. The average Bonchev–Trinajstić information content (AvgIpc) is 2.85. The van der Waals surface area contributed by atoms with Crippen LogP contribution in [0.15, 0.2) is 30.5 Å². The molecule has 3 rings (SSSR count). The molecule has 2 aromatic rings. The van der Waals surface area contributed by atoms with E-state index < -0.39 is 0 Å². The lowest BCUT2D eigenvalue weighted by atomic mass is 10.2. The number of hydrogen-bond donors (Lipinski definition) is 1. The normalized spacial score (nSPS) is 15.2. The zero-order valence-electron chi connectivity index (χ0n) is 12.8. The average molecular weight is 299 g/mol. The van der Waals surface area contributed by atoms with Crippen molar-refractivity contribution < 1.29 is 4.74 Å². The molecular weight excluding hydrogens is 278 g/mol. The molecular formula is C16H21N5O. The second kappa shape index (κ2) is 7.06. The summed E-state index contributed by atoms with van der Waals surface area (Å²) in [6, 6.07) is 7.70. The molecule has 0 saturated carbocycles. The van der Waals surface area contributed by atoms with Crippen LogP contribution < -0.4 is 15.0 Å². The summed E-state index contributed by atoms with van der Waals surface area (Å²) in [6.07, 6.45) is 6.74. The molecule has 0 amide bonds. The first kappa shape index (κ1) is 14.6. The SMILES string of the molecule is COc1ccccc1Nc1nncc(N2CCCCCC2)n1. The van der Waals surface area contributed by atoms with E-state index in [1.165, 1.54) is 25.7 Å². The Morgan fingerprint density at radius 3 is 2.64 bits per heavy atom. The predicted octanol–water partition coefficient (Wildman–Crippen LogP) is 3.00. The number of rotatable bonds is 4. The molecule has 0 spiro atoms. The minimum Gasteiger partial charge on any atom is -0.495 e. The number of para-hydroxylation sites is 2. The number of ether oxygens (including phenoxy) is 1. The summed E-state index contributed by atoms with van der Waals surface area (Å²) in [5.41, 5.74) is 0.833. The zero-order chi connectivity index (χ0) is 15.2. The number of aromatic nitrogens is 3. The maximum Gasteiger partial charge on any atom is 0.249 e. The van der Waals surface area contributed by atoms with Gasteiger partial charge < -0.3 is 15.0 Å². The number of benzene rings is 1. The molecule has 0 bridgehead atoms. The van der Waals surface area contributed by atoms with Gasteiger partial charge in [0, 0.05) is 13.1 Å². The Kier molecular flexibility index (Phi) is 4.68. The molecule has 1 N–H and O–H groups in total. The van der Waals surface area contributed by atoms with Crippen LogP contribution in [0.3, 0.4) is 0 Å². The van der Waals surface area contributed by atoms with E-state index in [0.29, 0.717) is 5.95 Å². The monoisotopic (exact) mass is 299 g/mol. The molecule has 1 aromatic heterocycles. The van der Waals surface area contributed by atoms with Gasteiger partial charge in [0.05, 0.1) is 19.0 Å². The van der Waals surface area contributed by atoms with E-state index in [1.807, 2.05) is 24.3 Å². The van der Waals surface area contributed by atoms with Crippen molar-refractivity contribution in [2.75, 3.05) is 30.4 Å². The molecule has 22 heavy (non-hydrogen) atoms. The fourth-order valence-corrected chi connectivity index (χ4v) is 2.67. The number of nitrogens with zero attached hydrogens (tertiary/aromatic N) is 4. The fourth-order valence-electron chi connectivity index (χ4n) is 2.67. The molecule has 1 aliphatic heterocycles. The van der Waals surface area contributed by atoms with Gasteiger partial charge in [-0.3, -0.25) is 0 Å². The highest BCUT2D eigenvalue weighted by Crippen LogP contribution is 2.26. The fraction of sp³-hybridized carbons (Fsp3) is 0.438. The second-order valence-electron chi connectivity index (χ2n) is 5.36. The van der Waals surface area contributed by atoms with E-state index in [0.717, 1.165) is 30.3 Å². The van der Waals surface area contributed by atoms with Gasteiger partial charge in [0.1, 0.15) is 5.75 Å². The summed E-state index contributed by atoms with van der Waals surface area (Å²) in [5.74, 6) is 2.13. The van der Waals surface area contributed by atoms with E-state index in [9.17, 15) is 0 Å². The van der Waals surface area contributed by atoms with Crippen LogP contribution in [0.4, 0.5) is 17.5 Å². The molecule has 0 unspecified atom stereocenters. The first-order chi connectivity index (χ1) is 10.9.